The van der Waals surface area contributed by atoms with E-state index in [0.717, 1.165) is 42.3 Å². The van der Waals surface area contributed by atoms with Crippen LogP contribution in [0.2, 0.25) is 0 Å². The lowest BCUT2D eigenvalue weighted by atomic mass is 9.90. The van der Waals surface area contributed by atoms with Gasteiger partial charge in [-0.15, -0.1) is 0 Å². The highest BCUT2D eigenvalue weighted by Gasteiger charge is 2.29. The first-order valence-corrected chi connectivity index (χ1v) is 7.85. The number of carbonyl (C=O) groups excluding carboxylic acids is 1. The largest absolute Gasteiger partial charge is 0.335 e. The predicted octanol–water partition coefficient (Wildman–Crippen LogP) is 3.64. The molecule has 0 aromatic heterocycles. The number of amides is 1. The van der Waals surface area contributed by atoms with Crippen molar-refractivity contribution in [3.63, 3.8) is 0 Å². The molecule has 1 aliphatic rings. The molecule has 1 aromatic rings. The normalized spacial score (nSPS) is 15.2. The summed E-state index contributed by atoms with van der Waals surface area (Å²) in [6.45, 7) is 2.91. The van der Waals surface area contributed by atoms with Crippen LogP contribution in [0.1, 0.15) is 42.1 Å². The Morgan fingerprint density at radius 2 is 2.11 bits per heavy atom. The van der Waals surface area contributed by atoms with Gasteiger partial charge in [-0.05, 0) is 37.3 Å². The minimum absolute atomic E-state index is 0.205. The van der Waals surface area contributed by atoms with Crippen LogP contribution in [0.3, 0.4) is 0 Å². The van der Waals surface area contributed by atoms with Crippen LogP contribution in [-0.2, 0) is 6.42 Å². The molecule has 1 aromatic carbocycles. The van der Waals surface area contributed by atoms with Gasteiger partial charge in [-0.2, -0.15) is 0 Å². The van der Waals surface area contributed by atoms with E-state index >= 15 is 0 Å². The number of rotatable bonds is 5. The minimum Gasteiger partial charge on any atom is -0.335 e. The minimum atomic E-state index is 0.205. The van der Waals surface area contributed by atoms with Crippen LogP contribution in [0.5, 0.6) is 0 Å². The fourth-order valence-corrected chi connectivity index (χ4v) is 2.81. The molecule has 0 radical (unpaired) electrons. The van der Waals surface area contributed by atoms with Gasteiger partial charge in [0.2, 0.25) is 0 Å². The summed E-state index contributed by atoms with van der Waals surface area (Å²) in [6, 6.07) is 8.44. The van der Waals surface area contributed by atoms with E-state index in [1.165, 1.54) is 6.42 Å². The van der Waals surface area contributed by atoms with Gasteiger partial charge in [0.1, 0.15) is 0 Å². The second kappa shape index (κ2) is 6.37. The molecule has 3 heteroatoms. The summed E-state index contributed by atoms with van der Waals surface area (Å²) in [5, 5.41) is 0.851. The third-order valence-electron chi connectivity index (χ3n) is 3.73. The number of benzene rings is 1. The van der Waals surface area contributed by atoms with E-state index in [2.05, 4.69) is 28.9 Å². The number of aryl methyl sites for hydroxylation is 1. The van der Waals surface area contributed by atoms with Crippen LogP contribution in [0.15, 0.2) is 24.3 Å². The van der Waals surface area contributed by atoms with Crippen LogP contribution >= 0.6 is 15.9 Å². The van der Waals surface area contributed by atoms with E-state index in [1.54, 1.807) is 0 Å². The molecular weight excluding hydrogens is 290 g/mol. The maximum Gasteiger partial charge on any atom is 0.254 e. The average Bonchev–Trinajstić information content (AvgIpc) is 2.35. The molecule has 18 heavy (non-hydrogen) atoms. The molecule has 0 heterocycles. The van der Waals surface area contributed by atoms with Crippen molar-refractivity contribution in [3.8, 4) is 0 Å². The second-order valence-electron chi connectivity index (χ2n) is 4.78. The standard InChI is InChI=1S/C15H20BrNO/c1-2-12-6-3-4-9-14(12)15(18)17(11-10-16)13-7-5-8-13/h3-4,6,9,13H,2,5,7-8,10-11H2,1H3. The van der Waals surface area contributed by atoms with Gasteiger partial charge in [0, 0.05) is 23.5 Å². The van der Waals surface area contributed by atoms with Crippen LogP contribution in [-0.4, -0.2) is 28.7 Å². The molecule has 2 rings (SSSR count). The zero-order valence-electron chi connectivity index (χ0n) is 10.9. The summed E-state index contributed by atoms with van der Waals surface area (Å²) in [5.41, 5.74) is 2.04. The number of alkyl halides is 1. The van der Waals surface area contributed by atoms with Gasteiger partial charge in [-0.1, -0.05) is 41.1 Å². The fourth-order valence-electron chi connectivity index (χ4n) is 2.43. The van der Waals surface area contributed by atoms with Crippen molar-refractivity contribution in [2.45, 2.75) is 38.6 Å². The SMILES string of the molecule is CCc1ccccc1C(=O)N(CCBr)C1CCC1. The molecule has 1 aliphatic carbocycles. The molecule has 0 saturated heterocycles. The molecule has 0 atom stereocenters. The Kier molecular flexibility index (Phi) is 4.81. The van der Waals surface area contributed by atoms with Crippen molar-refractivity contribution in [1.82, 2.24) is 4.90 Å². The highest BCUT2D eigenvalue weighted by molar-refractivity contribution is 9.09. The van der Waals surface area contributed by atoms with Crippen molar-refractivity contribution in [2.75, 3.05) is 11.9 Å². The quantitative estimate of drug-likeness (QED) is 0.760. The maximum absolute atomic E-state index is 12.7. The maximum atomic E-state index is 12.7. The van der Waals surface area contributed by atoms with Gasteiger partial charge in [0.25, 0.3) is 5.91 Å². The topological polar surface area (TPSA) is 20.3 Å². The van der Waals surface area contributed by atoms with Crippen LogP contribution in [0.25, 0.3) is 0 Å². The van der Waals surface area contributed by atoms with Gasteiger partial charge in [-0.3, -0.25) is 4.79 Å². The predicted molar refractivity (Wildman–Crippen MR) is 78.3 cm³/mol. The van der Waals surface area contributed by atoms with Crippen LogP contribution < -0.4 is 0 Å². The lowest BCUT2D eigenvalue weighted by Gasteiger charge is -2.37. The summed E-state index contributed by atoms with van der Waals surface area (Å²) in [4.78, 5) is 14.7. The molecule has 0 unspecified atom stereocenters. The molecule has 0 aliphatic heterocycles. The molecule has 0 N–H and O–H groups in total. The highest BCUT2D eigenvalue weighted by atomic mass is 79.9. The Balaban J connectivity index is 2.21. The van der Waals surface area contributed by atoms with Gasteiger partial charge < -0.3 is 4.90 Å². The van der Waals surface area contributed by atoms with Gasteiger partial charge in [0.15, 0.2) is 0 Å². The second-order valence-corrected chi connectivity index (χ2v) is 5.58. The Morgan fingerprint density at radius 1 is 1.39 bits per heavy atom. The first kappa shape index (κ1) is 13.6. The number of halogens is 1. The smallest absolute Gasteiger partial charge is 0.254 e. The Hall–Kier alpha value is -0.830. The summed E-state index contributed by atoms with van der Waals surface area (Å²) in [6.07, 6.45) is 4.49. The molecule has 0 bridgehead atoms. The van der Waals surface area contributed by atoms with E-state index in [1.807, 2.05) is 23.1 Å². The molecule has 1 saturated carbocycles. The van der Waals surface area contributed by atoms with Crippen molar-refractivity contribution in [1.29, 1.82) is 0 Å². The molecule has 1 fully saturated rings. The lowest BCUT2D eigenvalue weighted by Crippen LogP contribution is -2.45. The Labute approximate surface area is 117 Å². The summed E-state index contributed by atoms with van der Waals surface area (Å²) < 4.78 is 0. The van der Waals surface area contributed by atoms with E-state index < -0.39 is 0 Å². The number of hydrogen-bond acceptors (Lipinski definition) is 1. The summed E-state index contributed by atoms with van der Waals surface area (Å²) in [7, 11) is 0. The summed E-state index contributed by atoms with van der Waals surface area (Å²) in [5.74, 6) is 0.205. The average molecular weight is 310 g/mol. The number of hydrogen-bond donors (Lipinski definition) is 0. The molecule has 98 valence electrons. The first-order valence-electron chi connectivity index (χ1n) is 6.72. The molecule has 1 amide bonds. The van der Waals surface area contributed by atoms with Gasteiger partial charge in [0.05, 0.1) is 0 Å². The number of nitrogens with zero attached hydrogens (tertiary/aromatic N) is 1. The Morgan fingerprint density at radius 3 is 2.67 bits per heavy atom. The fraction of sp³-hybridized carbons (Fsp3) is 0.533. The number of carbonyl (C=O) groups is 1. The third-order valence-corrected chi connectivity index (χ3v) is 4.09. The van der Waals surface area contributed by atoms with Crippen molar-refractivity contribution in [2.24, 2.45) is 0 Å². The zero-order valence-corrected chi connectivity index (χ0v) is 12.4. The van der Waals surface area contributed by atoms with Crippen LogP contribution in [0, 0.1) is 0 Å². The molecule has 2 nitrogen and oxygen atoms in total. The lowest BCUT2D eigenvalue weighted by molar-refractivity contribution is 0.0598. The van der Waals surface area contributed by atoms with Gasteiger partial charge in [-0.25, -0.2) is 0 Å². The van der Waals surface area contributed by atoms with Crippen molar-refractivity contribution in [3.05, 3.63) is 35.4 Å². The first-order chi connectivity index (χ1) is 8.77. The van der Waals surface area contributed by atoms with E-state index in [0.29, 0.717) is 6.04 Å². The van der Waals surface area contributed by atoms with E-state index in [4.69, 9.17) is 0 Å². The van der Waals surface area contributed by atoms with Crippen LogP contribution in [0.4, 0.5) is 0 Å². The highest BCUT2D eigenvalue weighted by Crippen LogP contribution is 2.27. The van der Waals surface area contributed by atoms with E-state index in [-0.39, 0.29) is 5.91 Å². The Bertz CT molecular complexity index is 415. The molecule has 0 spiro atoms. The molecular formula is C15H20BrNO. The van der Waals surface area contributed by atoms with E-state index in [9.17, 15) is 4.79 Å². The van der Waals surface area contributed by atoms with Crippen molar-refractivity contribution < 1.29 is 4.79 Å². The zero-order chi connectivity index (χ0) is 13.0. The third kappa shape index (κ3) is 2.77. The van der Waals surface area contributed by atoms with Crippen molar-refractivity contribution >= 4 is 21.8 Å². The summed E-state index contributed by atoms with van der Waals surface area (Å²) >= 11 is 3.45. The monoisotopic (exact) mass is 309 g/mol. The van der Waals surface area contributed by atoms with Gasteiger partial charge >= 0.3 is 0 Å².